The Hall–Kier alpha value is -2.55. The Balaban J connectivity index is 1.58. The molecule has 0 aliphatic rings. The van der Waals surface area contributed by atoms with Crippen molar-refractivity contribution in [3.05, 3.63) is 80.6 Å². The van der Waals surface area contributed by atoms with Crippen molar-refractivity contribution in [1.29, 1.82) is 0 Å². The van der Waals surface area contributed by atoms with Crippen molar-refractivity contribution in [3.8, 4) is 10.7 Å². The standard InChI is InChI=1S/C19H16N4OS3/c24-16(12-23-18(21-22-19(23)25)15-9-5-11-27-15)20-17(14-8-4-10-26-14)13-6-2-1-3-7-13/h1-11,17H,12H2,(H,20,24)(H,22,25). The number of aromatic nitrogens is 3. The normalized spacial score (nSPS) is 12.0. The average Bonchev–Trinajstić information content (AvgIpc) is 3.44. The fourth-order valence-corrected chi connectivity index (χ4v) is 4.55. The molecule has 2 N–H and O–H groups in total. The summed E-state index contributed by atoms with van der Waals surface area (Å²) >= 11 is 8.50. The number of nitrogens with zero attached hydrogens (tertiary/aromatic N) is 2. The maximum Gasteiger partial charge on any atom is 0.240 e. The lowest BCUT2D eigenvalue weighted by atomic mass is 10.1. The molecule has 0 fully saturated rings. The molecule has 3 aromatic heterocycles. The zero-order valence-corrected chi connectivity index (χ0v) is 16.6. The Morgan fingerprint density at radius 1 is 1.11 bits per heavy atom. The van der Waals surface area contributed by atoms with E-state index in [4.69, 9.17) is 12.2 Å². The van der Waals surface area contributed by atoms with Gasteiger partial charge in [0.25, 0.3) is 0 Å². The second kappa shape index (κ2) is 7.99. The molecule has 3 heterocycles. The Morgan fingerprint density at radius 2 is 1.89 bits per heavy atom. The third kappa shape index (κ3) is 3.92. The van der Waals surface area contributed by atoms with Crippen LogP contribution in [-0.2, 0) is 11.3 Å². The number of benzene rings is 1. The minimum absolute atomic E-state index is 0.108. The van der Waals surface area contributed by atoms with Crippen LogP contribution in [0.1, 0.15) is 16.5 Å². The summed E-state index contributed by atoms with van der Waals surface area (Å²) in [5.41, 5.74) is 1.04. The lowest BCUT2D eigenvalue weighted by molar-refractivity contribution is -0.122. The van der Waals surface area contributed by atoms with Crippen LogP contribution in [0.5, 0.6) is 0 Å². The number of amides is 1. The van der Waals surface area contributed by atoms with Gasteiger partial charge in [0.1, 0.15) is 6.54 Å². The quantitative estimate of drug-likeness (QED) is 0.454. The van der Waals surface area contributed by atoms with E-state index in [0.717, 1.165) is 15.3 Å². The van der Waals surface area contributed by atoms with Crippen molar-refractivity contribution < 1.29 is 4.79 Å². The Kier molecular flexibility index (Phi) is 5.28. The van der Waals surface area contributed by atoms with Gasteiger partial charge in [0, 0.05) is 4.88 Å². The van der Waals surface area contributed by atoms with E-state index < -0.39 is 0 Å². The number of rotatable bonds is 6. The van der Waals surface area contributed by atoms with Gasteiger partial charge in [0.2, 0.25) is 5.91 Å². The number of nitrogens with one attached hydrogen (secondary N) is 2. The number of thiophene rings is 2. The summed E-state index contributed by atoms with van der Waals surface area (Å²) in [4.78, 5) is 14.9. The van der Waals surface area contributed by atoms with Gasteiger partial charge in [-0.3, -0.25) is 14.5 Å². The highest BCUT2D eigenvalue weighted by atomic mass is 32.1. The summed E-state index contributed by atoms with van der Waals surface area (Å²) < 4.78 is 2.16. The van der Waals surface area contributed by atoms with Crippen LogP contribution in [0.4, 0.5) is 0 Å². The maximum atomic E-state index is 12.9. The summed E-state index contributed by atoms with van der Waals surface area (Å²) in [5, 5.41) is 14.2. The van der Waals surface area contributed by atoms with E-state index in [1.807, 2.05) is 65.4 Å². The molecule has 0 spiro atoms. The highest BCUT2D eigenvalue weighted by Crippen LogP contribution is 2.26. The third-order valence-corrected chi connectivity index (χ3v) is 6.18. The predicted octanol–water partition coefficient (Wildman–Crippen LogP) is 4.64. The average molecular weight is 413 g/mol. The molecular weight excluding hydrogens is 396 g/mol. The van der Waals surface area contributed by atoms with Crippen molar-refractivity contribution in [2.24, 2.45) is 0 Å². The highest BCUT2D eigenvalue weighted by Gasteiger charge is 2.19. The van der Waals surface area contributed by atoms with Gasteiger partial charge in [-0.1, -0.05) is 42.5 Å². The molecule has 0 aliphatic heterocycles. The van der Waals surface area contributed by atoms with Crippen LogP contribution in [0.3, 0.4) is 0 Å². The van der Waals surface area contributed by atoms with Crippen LogP contribution < -0.4 is 5.32 Å². The molecule has 0 bridgehead atoms. The summed E-state index contributed by atoms with van der Waals surface area (Å²) in [7, 11) is 0. The van der Waals surface area contributed by atoms with Crippen LogP contribution in [-0.4, -0.2) is 20.7 Å². The van der Waals surface area contributed by atoms with Gasteiger partial charge in [-0.15, -0.1) is 22.7 Å². The van der Waals surface area contributed by atoms with Crippen LogP contribution in [0.2, 0.25) is 0 Å². The van der Waals surface area contributed by atoms with E-state index in [0.29, 0.717) is 10.6 Å². The van der Waals surface area contributed by atoms with Crippen LogP contribution >= 0.6 is 34.9 Å². The number of carbonyl (C=O) groups is 1. The Bertz CT molecular complexity index is 1070. The largest absolute Gasteiger partial charge is 0.343 e. The molecule has 8 heteroatoms. The Labute approximate surface area is 169 Å². The van der Waals surface area contributed by atoms with Crippen LogP contribution in [0.25, 0.3) is 10.7 Å². The SMILES string of the molecule is O=C(Cn1c(-c2cccs2)n[nH]c1=S)NC(c1ccccc1)c1cccs1. The van der Waals surface area contributed by atoms with Gasteiger partial charge in [0.15, 0.2) is 10.6 Å². The zero-order valence-electron chi connectivity index (χ0n) is 14.2. The van der Waals surface area contributed by atoms with E-state index in [-0.39, 0.29) is 18.5 Å². The topological polar surface area (TPSA) is 62.7 Å². The molecule has 5 nitrogen and oxygen atoms in total. The second-order valence-electron chi connectivity index (χ2n) is 5.84. The fourth-order valence-electron chi connectivity index (χ4n) is 2.83. The molecule has 136 valence electrons. The molecule has 27 heavy (non-hydrogen) atoms. The second-order valence-corrected chi connectivity index (χ2v) is 8.16. The lowest BCUT2D eigenvalue weighted by Gasteiger charge is -2.18. The van der Waals surface area contributed by atoms with Crippen molar-refractivity contribution in [2.45, 2.75) is 12.6 Å². The van der Waals surface area contributed by atoms with Crippen molar-refractivity contribution in [3.63, 3.8) is 0 Å². The van der Waals surface area contributed by atoms with Crippen LogP contribution in [0.15, 0.2) is 65.4 Å². The highest BCUT2D eigenvalue weighted by molar-refractivity contribution is 7.71. The smallest absolute Gasteiger partial charge is 0.240 e. The molecule has 4 rings (SSSR count). The van der Waals surface area contributed by atoms with Gasteiger partial charge in [-0.2, -0.15) is 5.10 Å². The summed E-state index contributed by atoms with van der Waals surface area (Å²) in [5.74, 6) is 0.560. The first-order valence-corrected chi connectivity index (χ1v) is 10.5. The van der Waals surface area contributed by atoms with Gasteiger partial charge in [-0.05, 0) is 40.7 Å². The molecule has 0 saturated heterocycles. The van der Waals surface area contributed by atoms with Gasteiger partial charge in [-0.25, -0.2) is 0 Å². The minimum Gasteiger partial charge on any atom is -0.343 e. The number of aromatic amines is 1. The molecule has 1 aromatic carbocycles. The van der Waals surface area contributed by atoms with Gasteiger partial charge in [0.05, 0.1) is 10.9 Å². The first-order valence-electron chi connectivity index (χ1n) is 8.29. The first kappa shape index (κ1) is 17.8. The summed E-state index contributed by atoms with van der Waals surface area (Å²) in [6.45, 7) is 0.108. The molecule has 0 radical (unpaired) electrons. The molecular formula is C19H16N4OS3. The number of carbonyl (C=O) groups excluding carboxylic acids is 1. The van der Waals surface area contributed by atoms with E-state index in [1.54, 1.807) is 27.2 Å². The summed E-state index contributed by atoms with van der Waals surface area (Å²) in [6, 6.07) is 17.7. The number of hydrogen-bond donors (Lipinski definition) is 2. The maximum absolute atomic E-state index is 12.9. The van der Waals surface area contributed by atoms with E-state index >= 15 is 0 Å². The lowest BCUT2D eigenvalue weighted by Crippen LogP contribution is -2.32. The first-order chi connectivity index (χ1) is 13.2. The third-order valence-electron chi connectivity index (χ3n) is 4.07. The van der Waals surface area contributed by atoms with Crippen molar-refractivity contribution >= 4 is 40.8 Å². The van der Waals surface area contributed by atoms with Gasteiger partial charge >= 0.3 is 0 Å². The van der Waals surface area contributed by atoms with E-state index in [2.05, 4.69) is 15.5 Å². The minimum atomic E-state index is -0.190. The van der Waals surface area contributed by atoms with E-state index in [1.165, 1.54) is 0 Å². The zero-order chi connectivity index (χ0) is 18.6. The summed E-state index contributed by atoms with van der Waals surface area (Å²) in [6.07, 6.45) is 0. The molecule has 0 aliphatic carbocycles. The Morgan fingerprint density at radius 3 is 2.59 bits per heavy atom. The molecule has 0 saturated carbocycles. The van der Waals surface area contributed by atoms with Crippen molar-refractivity contribution in [2.75, 3.05) is 0 Å². The number of hydrogen-bond acceptors (Lipinski definition) is 5. The predicted molar refractivity (Wildman–Crippen MR) is 111 cm³/mol. The number of H-pyrrole nitrogens is 1. The van der Waals surface area contributed by atoms with Crippen molar-refractivity contribution in [1.82, 2.24) is 20.1 Å². The fraction of sp³-hybridized carbons (Fsp3) is 0.105. The molecule has 4 aromatic rings. The van der Waals surface area contributed by atoms with E-state index in [9.17, 15) is 4.79 Å². The molecule has 1 unspecified atom stereocenters. The monoisotopic (exact) mass is 412 g/mol. The van der Waals surface area contributed by atoms with Gasteiger partial charge < -0.3 is 5.32 Å². The molecule has 1 atom stereocenters. The van der Waals surface area contributed by atoms with Crippen LogP contribution in [0, 0.1) is 4.77 Å². The molecule has 1 amide bonds.